The Kier molecular flexibility index (Phi) is 2.45. The standard InChI is InChI=1S/C6H15B3O/c1-5(2,3)4(10)6(7,8)9/h7-9H2,1-3H3. The minimum atomic E-state index is -0.196. The van der Waals surface area contributed by atoms with Crippen molar-refractivity contribution in [2.75, 3.05) is 0 Å². The van der Waals surface area contributed by atoms with Crippen molar-refractivity contribution >= 4 is 29.3 Å². The smallest absolute Gasteiger partial charge is 0.121 e. The van der Waals surface area contributed by atoms with E-state index in [0.717, 1.165) is 0 Å². The second-order valence-corrected chi connectivity index (χ2v) is 4.83. The first-order valence-electron chi connectivity index (χ1n) is 3.70. The lowest BCUT2D eigenvalue weighted by molar-refractivity contribution is -0.125. The average molecular weight is 136 g/mol. The van der Waals surface area contributed by atoms with Crippen molar-refractivity contribution in [2.45, 2.75) is 25.9 Å². The van der Waals surface area contributed by atoms with Gasteiger partial charge in [-0.25, -0.2) is 0 Å². The molecule has 0 saturated carbocycles. The molecule has 0 amide bonds. The highest BCUT2D eigenvalue weighted by molar-refractivity contribution is 6.69. The summed E-state index contributed by atoms with van der Waals surface area (Å²) in [5.41, 5.74) is -0.196. The molecule has 0 aliphatic heterocycles. The summed E-state index contributed by atoms with van der Waals surface area (Å²) in [5.74, 6) is 0.319. The van der Waals surface area contributed by atoms with E-state index in [2.05, 4.69) is 0 Å². The molecular weight excluding hydrogens is 121 g/mol. The molecule has 0 spiro atoms. The first-order valence-corrected chi connectivity index (χ1v) is 3.70. The lowest BCUT2D eigenvalue weighted by Gasteiger charge is -2.27. The van der Waals surface area contributed by atoms with Gasteiger partial charge in [0.15, 0.2) is 0 Å². The molecule has 0 aromatic heterocycles. The summed E-state index contributed by atoms with van der Waals surface area (Å²) in [4.78, 5) is 11.5. The first-order chi connectivity index (χ1) is 4.15. The number of carbonyl (C=O) groups excluding carboxylic acids is 1. The van der Waals surface area contributed by atoms with Crippen LogP contribution in [-0.4, -0.2) is 29.3 Å². The summed E-state index contributed by atoms with van der Waals surface area (Å²) in [6.07, 6.45) is 0. The van der Waals surface area contributed by atoms with Crippen LogP contribution in [0.25, 0.3) is 0 Å². The highest BCUT2D eigenvalue weighted by Gasteiger charge is 2.31. The Bertz CT molecular complexity index is 124. The van der Waals surface area contributed by atoms with Crippen LogP contribution in [0.1, 0.15) is 20.8 Å². The molecule has 0 radical (unpaired) electrons. The van der Waals surface area contributed by atoms with Crippen LogP contribution in [0, 0.1) is 5.41 Å². The predicted molar refractivity (Wildman–Crippen MR) is 52.8 cm³/mol. The van der Waals surface area contributed by atoms with Crippen LogP contribution in [-0.2, 0) is 4.79 Å². The van der Waals surface area contributed by atoms with E-state index in [1.807, 2.05) is 44.3 Å². The van der Waals surface area contributed by atoms with E-state index in [4.69, 9.17) is 0 Å². The van der Waals surface area contributed by atoms with Crippen LogP contribution in [0.15, 0.2) is 0 Å². The summed E-state index contributed by atoms with van der Waals surface area (Å²) in [6, 6.07) is 0. The first kappa shape index (κ1) is 9.86. The average Bonchev–Trinajstić information content (AvgIpc) is 1.59. The summed E-state index contributed by atoms with van der Waals surface area (Å²) in [5, 5.41) is -0.196. The van der Waals surface area contributed by atoms with Crippen molar-refractivity contribution in [1.82, 2.24) is 0 Å². The Labute approximate surface area is 66.2 Å². The fourth-order valence-electron chi connectivity index (χ4n) is 1.12. The molecule has 0 rings (SSSR count). The van der Waals surface area contributed by atoms with Gasteiger partial charge in [-0.15, -0.1) is 0 Å². The zero-order valence-corrected chi connectivity index (χ0v) is 7.91. The van der Waals surface area contributed by atoms with Gasteiger partial charge in [-0.3, -0.25) is 0 Å². The number of rotatable bonds is 1. The van der Waals surface area contributed by atoms with Crippen molar-refractivity contribution < 1.29 is 4.79 Å². The third-order valence-corrected chi connectivity index (χ3v) is 1.36. The van der Waals surface area contributed by atoms with Crippen molar-refractivity contribution in [3.63, 3.8) is 0 Å². The van der Waals surface area contributed by atoms with E-state index in [-0.39, 0.29) is 10.5 Å². The van der Waals surface area contributed by atoms with Gasteiger partial charge in [0, 0.05) is 5.41 Å². The molecular formula is C6H15B3O. The van der Waals surface area contributed by atoms with E-state index in [1.54, 1.807) is 0 Å². The number of Topliss-reactive ketones (excluding diaryl/α,β-unsaturated/α-hetero) is 1. The fraction of sp³-hybridized carbons (Fsp3) is 0.833. The Hall–Kier alpha value is -0.135. The topological polar surface area (TPSA) is 17.1 Å². The van der Waals surface area contributed by atoms with E-state index >= 15 is 0 Å². The van der Waals surface area contributed by atoms with Gasteiger partial charge < -0.3 is 4.79 Å². The molecule has 1 nitrogen and oxygen atoms in total. The van der Waals surface area contributed by atoms with Gasteiger partial charge in [-0.1, -0.05) is 25.9 Å². The summed E-state index contributed by atoms with van der Waals surface area (Å²) >= 11 is 0. The summed E-state index contributed by atoms with van der Waals surface area (Å²) in [7, 11) is 5.88. The second kappa shape index (κ2) is 2.48. The van der Waals surface area contributed by atoms with Crippen molar-refractivity contribution in [2.24, 2.45) is 5.41 Å². The van der Waals surface area contributed by atoms with Crippen LogP contribution in [0.5, 0.6) is 0 Å². The number of ketones is 1. The largest absolute Gasteiger partial charge is 0.301 e. The third-order valence-electron chi connectivity index (χ3n) is 1.36. The zero-order valence-electron chi connectivity index (χ0n) is 7.91. The second-order valence-electron chi connectivity index (χ2n) is 4.83. The molecule has 0 aliphatic rings. The van der Waals surface area contributed by atoms with E-state index < -0.39 is 0 Å². The van der Waals surface area contributed by atoms with Gasteiger partial charge in [0.2, 0.25) is 0 Å². The van der Waals surface area contributed by atoms with E-state index in [9.17, 15) is 4.79 Å². The highest BCUT2D eigenvalue weighted by Crippen LogP contribution is 2.26. The minimum absolute atomic E-state index is 0.196. The molecule has 0 N–H and O–H groups in total. The molecule has 0 aromatic rings. The molecule has 0 saturated heterocycles. The highest BCUT2D eigenvalue weighted by atomic mass is 16.1. The van der Waals surface area contributed by atoms with Gasteiger partial charge in [0.25, 0.3) is 0 Å². The Balaban J connectivity index is 4.40. The van der Waals surface area contributed by atoms with Crippen LogP contribution in [0.2, 0.25) is 5.11 Å². The fourth-order valence-corrected chi connectivity index (χ4v) is 1.12. The maximum absolute atomic E-state index is 11.5. The van der Waals surface area contributed by atoms with Crippen LogP contribution >= 0.6 is 0 Å². The van der Waals surface area contributed by atoms with E-state index in [1.165, 1.54) is 0 Å². The van der Waals surface area contributed by atoms with Crippen molar-refractivity contribution in [1.29, 1.82) is 0 Å². The van der Waals surface area contributed by atoms with Crippen LogP contribution < -0.4 is 0 Å². The molecule has 0 bridgehead atoms. The zero-order chi connectivity index (χ0) is 8.58. The van der Waals surface area contributed by atoms with Gasteiger partial charge in [0.05, 0.1) is 23.5 Å². The maximum atomic E-state index is 11.5. The summed E-state index contributed by atoms with van der Waals surface area (Å²) in [6.45, 7) is 5.88. The van der Waals surface area contributed by atoms with Crippen LogP contribution in [0.4, 0.5) is 0 Å². The molecule has 0 unspecified atom stereocenters. The Morgan fingerprint density at radius 2 is 1.40 bits per heavy atom. The summed E-state index contributed by atoms with van der Waals surface area (Å²) < 4.78 is 0. The van der Waals surface area contributed by atoms with Gasteiger partial charge in [0.1, 0.15) is 5.78 Å². The lowest BCUT2D eigenvalue weighted by atomic mass is 9.38. The number of hydrogen-bond acceptors (Lipinski definition) is 1. The molecule has 0 fully saturated rings. The van der Waals surface area contributed by atoms with Gasteiger partial charge >= 0.3 is 0 Å². The maximum Gasteiger partial charge on any atom is 0.121 e. The van der Waals surface area contributed by atoms with Gasteiger partial charge in [-0.2, -0.15) is 0 Å². The van der Waals surface area contributed by atoms with E-state index in [0.29, 0.717) is 5.78 Å². The molecule has 4 heteroatoms. The molecule has 0 heterocycles. The molecule has 0 aromatic carbocycles. The van der Waals surface area contributed by atoms with Gasteiger partial charge in [-0.05, 0) is 0 Å². The molecule has 0 atom stereocenters. The normalized spacial score (nSPS) is 13.1. The molecule has 10 heavy (non-hydrogen) atoms. The van der Waals surface area contributed by atoms with Crippen molar-refractivity contribution in [3.8, 4) is 0 Å². The van der Waals surface area contributed by atoms with Crippen LogP contribution in [0.3, 0.4) is 0 Å². The SMILES string of the molecule is BC(B)(B)C(=O)C(C)(C)C. The quantitative estimate of drug-likeness (QED) is 0.403. The predicted octanol–water partition coefficient (Wildman–Crippen LogP) is -1.43. The number of carbonyl (C=O) groups is 1. The third kappa shape index (κ3) is 2.63. The number of hydrogen-bond donors (Lipinski definition) is 0. The lowest BCUT2D eigenvalue weighted by Crippen LogP contribution is -2.35. The Morgan fingerprint density at radius 1 is 1.10 bits per heavy atom. The minimum Gasteiger partial charge on any atom is -0.301 e. The van der Waals surface area contributed by atoms with Crippen molar-refractivity contribution in [3.05, 3.63) is 0 Å². The molecule has 54 valence electrons. The Morgan fingerprint density at radius 3 is 1.40 bits per heavy atom. The monoisotopic (exact) mass is 136 g/mol. The molecule has 0 aliphatic carbocycles.